The first-order valence-corrected chi connectivity index (χ1v) is 10.5. The first-order valence-electron chi connectivity index (χ1n) is 10.5. The molecule has 0 saturated heterocycles. The molecule has 1 aliphatic rings. The molecule has 0 aromatic heterocycles. The molecule has 0 N–H and O–H groups in total. The second-order valence-electron chi connectivity index (χ2n) is 7.57. The Kier molecular flexibility index (Phi) is 6.24. The Morgan fingerprint density at radius 3 is 2.15 bits per heavy atom. The van der Waals surface area contributed by atoms with Crippen LogP contribution in [0.25, 0.3) is 11.6 Å². The molecule has 168 valence electrons. The molecule has 1 heterocycles. The number of nitriles is 1. The number of nitrogens with zero attached hydrogens (tertiary/aromatic N) is 2. The van der Waals surface area contributed by atoms with Crippen LogP contribution in [0.15, 0.2) is 72.8 Å². The maximum Gasteiger partial charge on any atom is 0.334 e. The molecule has 1 unspecified atom stereocenters. The summed E-state index contributed by atoms with van der Waals surface area (Å²) in [5, 5.41) is 9.54. The van der Waals surface area contributed by atoms with Gasteiger partial charge in [0.1, 0.15) is 6.04 Å². The number of hydrogen-bond donors (Lipinski definition) is 0. The van der Waals surface area contributed by atoms with Gasteiger partial charge in [0.05, 0.1) is 29.9 Å². The molecule has 0 fully saturated rings. The van der Waals surface area contributed by atoms with Gasteiger partial charge in [-0.25, -0.2) is 4.79 Å². The number of methoxy groups -OCH3 is 1. The lowest BCUT2D eigenvalue weighted by Crippen LogP contribution is -2.44. The Labute approximate surface area is 196 Å². The second-order valence-corrected chi connectivity index (χ2v) is 7.57. The molecule has 0 aliphatic carbocycles. The quantitative estimate of drug-likeness (QED) is 0.181. The normalized spacial score (nSPS) is 13.8. The number of carbonyl (C=O) groups excluding carboxylic acids is 3. The average molecular weight is 452 g/mol. The summed E-state index contributed by atoms with van der Waals surface area (Å²) >= 11 is 0. The van der Waals surface area contributed by atoms with Gasteiger partial charge in [-0.05, 0) is 48.4 Å². The number of hydrogen-bond acceptors (Lipinski definition) is 6. The number of carbonyl (C=O) groups is 3. The van der Waals surface area contributed by atoms with E-state index in [0.29, 0.717) is 11.1 Å². The van der Waals surface area contributed by atoms with Crippen LogP contribution in [0.3, 0.4) is 0 Å². The van der Waals surface area contributed by atoms with Crippen LogP contribution in [0.2, 0.25) is 0 Å². The van der Waals surface area contributed by atoms with E-state index in [2.05, 4.69) is 6.07 Å². The molecule has 1 aliphatic heterocycles. The number of allylic oxidation sites excluding steroid dienone is 1. The Bertz CT molecular complexity index is 1320. The maximum absolute atomic E-state index is 12.8. The van der Waals surface area contributed by atoms with Gasteiger partial charge in [0, 0.05) is 0 Å². The van der Waals surface area contributed by atoms with Crippen molar-refractivity contribution in [2.24, 2.45) is 0 Å². The summed E-state index contributed by atoms with van der Waals surface area (Å²) in [5.41, 5.74) is 2.42. The van der Waals surface area contributed by atoms with Crippen LogP contribution in [0.5, 0.6) is 11.5 Å². The maximum atomic E-state index is 12.8. The smallest absolute Gasteiger partial charge is 0.334 e. The van der Waals surface area contributed by atoms with Gasteiger partial charge in [-0.2, -0.15) is 5.26 Å². The fourth-order valence-corrected chi connectivity index (χ4v) is 3.68. The van der Waals surface area contributed by atoms with Crippen molar-refractivity contribution in [1.82, 2.24) is 4.90 Å². The Morgan fingerprint density at radius 2 is 1.56 bits per heavy atom. The highest BCUT2D eigenvalue weighted by molar-refractivity contribution is 6.22. The predicted molar refractivity (Wildman–Crippen MR) is 125 cm³/mol. The largest absolute Gasteiger partial charge is 0.493 e. The van der Waals surface area contributed by atoms with Gasteiger partial charge in [-0.1, -0.05) is 48.5 Å². The van der Waals surface area contributed by atoms with Crippen molar-refractivity contribution in [3.8, 4) is 17.6 Å². The highest BCUT2D eigenvalue weighted by Crippen LogP contribution is 2.31. The van der Waals surface area contributed by atoms with Crippen molar-refractivity contribution in [1.29, 1.82) is 5.26 Å². The van der Waals surface area contributed by atoms with Crippen LogP contribution in [-0.2, 0) is 4.79 Å². The van der Waals surface area contributed by atoms with Gasteiger partial charge < -0.3 is 9.47 Å². The summed E-state index contributed by atoms with van der Waals surface area (Å²) in [4.78, 5) is 39.0. The third kappa shape index (κ3) is 4.17. The van der Waals surface area contributed by atoms with E-state index < -0.39 is 23.8 Å². The van der Waals surface area contributed by atoms with Crippen LogP contribution in [0.4, 0.5) is 0 Å². The van der Waals surface area contributed by atoms with Gasteiger partial charge in [0.25, 0.3) is 11.8 Å². The minimum Gasteiger partial charge on any atom is -0.493 e. The molecule has 0 radical (unpaired) electrons. The Hall–Kier alpha value is -4.70. The number of fused-ring (bicyclic) bond motifs is 1. The van der Waals surface area contributed by atoms with Crippen molar-refractivity contribution in [3.05, 3.63) is 95.1 Å². The molecule has 0 saturated carbocycles. The van der Waals surface area contributed by atoms with Crippen LogP contribution >= 0.6 is 0 Å². The molecule has 0 bridgehead atoms. The zero-order valence-corrected chi connectivity index (χ0v) is 18.5. The van der Waals surface area contributed by atoms with Crippen molar-refractivity contribution >= 4 is 29.4 Å². The molecular weight excluding hydrogens is 432 g/mol. The molecule has 3 aromatic rings. The average Bonchev–Trinajstić information content (AvgIpc) is 3.13. The lowest BCUT2D eigenvalue weighted by atomic mass is 10.0. The van der Waals surface area contributed by atoms with E-state index in [0.717, 1.165) is 10.5 Å². The number of benzene rings is 3. The molecule has 3 aromatic carbocycles. The van der Waals surface area contributed by atoms with Gasteiger partial charge in [0.2, 0.25) is 0 Å². The van der Waals surface area contributed by atoms with Gasteiger partial charge >= 0.3 is 5.97 Å². The van der Waals surface area contributed by atoms with Crippen LogP contribution in [0.1, 0.15) is 38.8 Å². The van der Waals surface area contributed by atoms with E-state index in [1.165, 1.54) is 20.1 Å². The van der Waals surface area contributed by atoms with Crippen LogP contribution in [0, 0.1) is 11.3 Å². The molecular formula is C27H20N2O5. The number of ether oxygens (including phenoxy) is 2. The zero-order chi connectivity index (χ0) is 24.2. The standard InChI is InChI=1S/C27H20N2O5/c1-17(29-25(30)21-10-6-7-11-22(21)26(29)31)27(32)34-23-13-12-18(15-24(23)33-2)14-20(16-28)19-8-4-3-5-9-19/h3-15,17H,1-2H3/b20-14-. The minimum atomic E-state index is -1.14. The van der Waals surface area contributed by atoms with E-state index in [1.54, 1.807) is 42.5 Å². The van der Waals surface area contributed by atoms with Crippen molar-refractivity contribution in [3.63, 3.8) is 0 Å². The van der Waals surface area contributed by atoms with Gasteiger partial charge in [-0.15, -0.1) is 0 Å². The van der Waals surface area contributed by atoms with E-state index in [-0.39, 0.29) is 22.6 Å². The molecule has 7 nitrogen and oxygen atoms in total. The highest BCUT2D eigenvalue weighted by Gasteiger charge is 2.41. The van der Waals surface area contributed by atoms with E-state index in [9.17, 15) is 19.6 Å². The summed E-state index contributed by atoms with van der Waals surface area (Å²) in [6.07, 6.45) is 1.70. The predicted octanol–water partition coefficient (Wildman–Crippen LogP) is 4.35. The molecule has 34 heavy (non-hydrogen) atoms. The van der Waals surface area contributed by atoms with Gasteiger partial charge in [-0.3, -0.25) is 14.5 Å². The van der Waals surface area contributed by atoms with Gasteiger partial charge in [0.15, 0.2) is 11.5 Å². The van der Waals surface area contributed by atoms with E-state index in [4.69, 9.17) is 9.47 Å². The topological polar surface area (TPSA) is 96.7 Å². The van der Waals surface area contributed by atoms with Crippen molar-refractivity contribution < 1.29 is 23.9 Å². The summed E-state index contributed by atoms with van der Waals surface area (Å²) in [6, 6.07) is 21.5. The molecule has 2 amide bonds. The fourth-order valence-electron chi connectivity index (χ4n) is 3.68. The second kappa shape index (κ2) is 9.43. The third-order valence-electron chi connectivity index (χ3n) is 5.47. The number of rotatable bonds is 6. The SMILES string of the molecule is COc1cc(/C=C(/C#N)c2ccccc2)ccc1OC(=O)C(C)N1C(=O)c2ccccc2C1=O. The Morgan fingerprint density at radius 1 is 0.941 bits per heavy atom. The number of imide groups is 1. The monoisotopic (exact) mass is 452 g/mol. The van der Waals surface area contributed by atoms with Crippen molar-refractivity contribution in [2.45, 2.75) is 13.0 Å². The van der Waals surface area contributed by atoms with Crippen LogP contribution in [-0.4, -0.2) is 35.8 Å². The molecule has 0 spiro atoms. The van der Waals surface area contributed by atoms with Crippen LogP contribution < -0.4 is 9.47 Å². The lowest BCUT2D eigenvalue weighted by molar-refractivity contribution is -0.138. The highest BCUT2D eigenvalue weighted by atomic mass is 16.6. The molecule has 1 atom stereocenters. The molecule has 7 heteroatoms. The van der Waals surface area contributed by atoms with Crippen molar-refractivity contribution in [2.75, 3.05) is 7.11 Å². The fraction of sp³-hybridized carbons (Fsp3) is 0.111. The zero-order valence-electron chi connectivity index (χ0n) is 18.5. The molecule has 4 rings (SSSR count). The number of esters is 1. The van der Waals surface area contributed by atoms with E-state index >= 15 is 0 Å². The third-order valence-corrected chi connectivity index (χ3v) is 5.47. The lowest BCUT2D eigenvalue weighted by Gasteiger charge is -2.21. The summed E-state index contributed by atoms with van der Waals surface area (Å²) in [7, 11) is 1.43. The Balaban J connectivity index is 1.55. The summed E-state index contributed by atoms with van der Waals surface area (Å²) < 4.78 is 10.9. The number of amides is 2. The summed E-state index contributed by atoms with van der Waals surface area (Å²) in [6.45, 7) is 1.44. The summed E-state index contributed by atoms with van der Waals surface area (Å²) in [5.74, 6) is -1.46. The first-order chi connectivity index (χ1) is 16.4. The first kappa shape index (κ1) is 22.5. The van der Waals surface area contributed by atoms with E-state index in [1.807, 2.05) is 30.3 Å². The minimum absolute atomic E-state index is 0.131.